The van der Waals surface area contributed by atoms with E-state index in [0.29, 0.717) is 23.0 Å². The zero-order chi connectivity index (χ0) is 44.5. The molecule has 2 atom stereocenters. The molecular weight excluding hydrogens is 735 g/mol. The van der Waals surface area contributed by atoms with Gasteiger partial charge < -0.3 is 9.47 Å². The van der Waals surface area contributed by atoms with E-state index in [1.165, 1.54) is 16.5 Å². The van der Waals surface area contributed by atoms with Crippen molar-refractivity contribution in [2.24, 2.45) is 4.99 Å². The summed E-state index contributed by atoms with van der Waals surface area (Å²) in [5.74, 6) is 1.72. The van der Waals surface area contributed by atoms with Crippen LogP contribution in [0.4, 0.5) is 0 Å². The number of aliphatic imine (C=N–C) groups is 1. The minimum Gasteiger partial charge on any atom is -0.464 e. The van der Waals surface area contributed by atoms with Gasteiger partial charge in [0, 0.05) is 43.3 Å². The smallest absolute Gasteiger partial charge is 0.217 e. The third-order valence-corrected chi connectivity index (χ3v) is 13.0. The van der Waals surface area contributed by atoms with E-state index in [-0.39, 0.29) is 16.2 Å². The SMILES string of the molecule is [2H]C1([2H])c2c(ccc(C)c2C)[C@]2(C)OC(c3cc(Oc4cc(-n5c6ccc(C(C)(C)C)cc6c6cccnc65)cc(C(C)(C)C)c4)cc(-c4ccccc4C(C)(C)C)c3)=N[C@]12C. The Kier molecular flexibility index (Phi) is 8.34. The van der Waals surface area contributed by atoms with Gasteiger partial charge in [-0.15, -0.1) is 0 Å². The maximum Gasteiger partial charge on any atom is 0.217 e. The van der Waals surface area contributed by atoms with E-state index in [4.69, 9.17) is 19.5 Å². The van der Waals surface area contributed by atoms with Gasteiger partial charge in [-0.05, 0) is 143 Å². The number of aryl methyl sites for hydroxylation is 1. The second-order valence-electron chi connectivity index (χ2n) is 20.5. The predicted molar refractivity (Wildman–Crippen MR) is 250 cm³/mol. The highest BCUT2D eigenvalue weighted by atomic mass is 16.5. The first-order valence-electron chi connectivity index (χ1n) is 22.3. The second-order valence-corrected chi connectivity index (χ2v) is 20.5. The van der Waals surface area contributed by atoms with E-state index < -0.39 is 17.5 Å². The molecule has 0 bridgehead atoms. The third kappa shape index (κ3) is 6.44. The average Bonchev–Trinajstić information content (AvgIpc) is 3.73. The van der Waals surface area contributed by atoms with E-state index >= 15 is 0 Å². The number of ether oxygens (including phenoxy) is 2. The number of benzene rings is 5. The van der Waals surface area contributed by atoms with Gasteiger partial charge in [0.2, 0.25) is 5.90 Å². The molecule has 2 aromatic heterocycles. The van der Waals surface area contributed by atoms with Crippen molar-refractivity contribution >= 4 is 27.8 Å². The van der Waals surface area contributed by atoms with Crippen LogP contribution in [0.15, 0.2) is 114 Å². The van der Waals surface area contributed by atoms with Crippen molar-refractivity contribution in [3.05, 3.63) is 154 Å². The highest BCUT2D eigenvalue weighted by Gasteiger charge is 2.59. The van der Waals surface area contributed by atoms with Gasteiger partial charge in [-0.25, -0.2) is 9.98 Å². The lowest BCUT2D eigenvalue weighted by Gasteiger charge is -2.31. The number of hydrogen-bond acceptors (Lipinski definition) is 4. The molecule has 5 heteroatoms. The van der Waals surface area contributed by atoms with Gasteiger partial charge in [0.15, 0.2) is 5.60 Å². The fraction of sp³-hybridized carbons (Fsp3) is 0.345. The first kappa shape index (κ1) is 37.3. The minimum absolute atomic E-state index is 0.00369. The van der Waals surface area contributed by atoms with Gasteiger partial charge >= 0.3 is 0 Å². The van der Waals surface area contributed by atoms with Crippen molar-refractivity contribution in [1.29, 1.82) is 0 Å². The normalized spacial score (nSPS) is 20.4. The summed E-state index contributed by atoms with van der Waals surface area (Å²) < 4.78 is 35.6. The van der Waals surface area contributed by atoms with Crippen molar-refractivity contribution in [3.63, 3.8) is 0 Å². The zero-order valence-electron chi connectivity index (χ0n) is 39.6. The average molecular weight is 796 g/mol. The van der Waals surface area contributed by atoms with Crippen molar-refractivity contribution in [2.45, 2.75) is 124 Å². The van der Waals surface area contributed by atoms with Gasteiger partial charge in [-0.3, -0.25) is 4.57 Å². The molecule has 0 spiro atoms. The van der Waals surface area contributed by atoms with Crippen LogP contribution in [0.1, 0.15) is 123 Å². The first-order chi connectivity index (χ1) is 28.9. The summed E-state index contributed by atoms with van der Waals surface area (Å²) in [6.07, 6.45) is 0.0927. The molecule has 1 aliphatic carbocycles. The van der Waals surface area contributed by atoms with E-state index in [0.717, 1.165) is 61.2 Å². The van der Waals surface area contributed by atoms with Gasteiger partial charge in [-0.2, -0.15) is 0 Å². The number of hydrogen-bond donors (Lipinski definition) is 0. The summed E-state index contributed by atoms with van der Waals surface area (Å²) in [6, 6.07) is 36.3. The quantitative estimate of drug-likeness (QED) is 0.174. The molecule has 306 valence electrons. The Hall–Kier alpha value is -5.68. The van der Waals surface area contributed by atoms with Crippen LogP contribution < -0.4 is 4.74 Å². The summed E-state index contributed by atoms with van der Waals surface area (Å²) in [5.41, 5.74) is 10.3. The van der Waals surface area contributed by atoms with Gasteiger partial charge in [0.1, 0.15) is 22.7 Å². The van der Waals surface area contributed by atoms with E-state index in [1.54, 1.807) is 0 Å². The Morgan fingerprint density at radius 2 is 1.42 bits per heavy atom. The summed E-state index contributed by atoms with van der Waals surface area (Å²) in [5, 5.41) is 2.27. The summed E-state index contributed by atoms with van der Waals surface area (Å²) in [7, 11) is 0. The Bertz CT molecular complexity index is 3010. The van der Waals surface area contributed by atoms with Crippen LogP contribution in [0.2, 0.25) is 0 Å². The van der Waals surface area contributed by atoms with E-state index in [9.17, 15) is 2.74 Å². The monoisotopic (exact) mass is 795 g/mol. The summed E-state index contributed by atoms with van der Waals surface area (Å²) >= 11 is 0. The molecular formula is C55H59N3O2. The van der Waals surface area contributed by atoms with Crippen LogP contribution in [-0.2, 0) is 33.0 Å². The molecule has 0 N–H and O–H groups in total. The van der Waals surface area contributed by atoms with Crippen LogP contribution in [0.25, 0.3) is 38.8 Å². The molecule has 0 amide bonds. The van der Waals surface area contributed by atoms with Crippen molar-refractivity contribution in [3.8, 4) is 28.3 Å². The lowest BCUT2D eigenvalue weighted by molar-refractivity contribution is 0.0450. The van der Waals surface area contributed by atoms with Crippen molar-refractivity contribution < 1.29 is 12.2 Å². The second kappa shape index (κ2) is 13.4. The highest BCUT2D eigenvalue weighted by Crippen LogP contribution is 2.54. The topological polar surface area (TPSA) is 48.6 Å². The van der Waals surface area contributed by atoms with Gasteiger partial charge in [0.25, 0.3) is 0 Å². The molecule has 0 saturated carbocycles. The van der Waals surface area contributed by atoms with Crippen LogP contribution in [-0.4, -0.2) is 21.0 Å². The Balaban J connectivity index is 1.23. The predicted octanol–water partition coefficient (Wildman–Crippen LogP) is 14.2. The van der Waals surface area contributed by atoms with Crippen LogP contribution in [0.3, 0.4) is 0 Å². The lowest BCUT2D eigenvalue weighted by Crippen LogP contribution is -2.40. The number of aromatic nitrogens is 2. The maximum atomic E-state index is 9.61. The van der Waals surface area contributed by atoms with Crippen molar-refractivity contribution in [1.82, 2.24) is 9.55 Å². The fourth-order valence-electron chi connectivity index (χ4n) is 9.07. The van der Waals surface area contributed by atoms with E-state index in [2.05, 4.69) is 152 Å². The number of nitrogens with zero attached hydrogens (tertiary/aromatic N) is 3. The molecule has 2 aliphatic rings. The van der Waals surface area contributed by atoms with Crippen LogP contribution >= 0.6 is 0 Å². The van der Waals surface area contributed by atoms with Gasteiger partial charge in [-0.1, -0.05) is 105 Å². The largest absolute Gasteiger partial charge is 0.464 e. The molecule has 0 unspecified atom stereocenters. The lowest BCUT2D eigenvalue weighted by atomic mass is 9.81. The Morgan fingerprint density at radius 3 is 2.15 bits per heavy atom. The highest BCUT2D eigenvalue weighted by molar-refractivity contribution is 6.08. The van der Waals surface area contributed by atoms with Crippen molar-refractivity contribution in [2.75, 3.05) is 0 Å². The summed E-state index contributed by atoms with van der Waals surface area (Å²) in [6.45, 7) is 28.1. The maximum absolute atomic E-state index is 9.61. The molecule has 3 heterocycles. The van der Waals surface area contributed by atoms with Gasteiger partial charge in [0.05, 0.1) is 11.2 Å². The van der Waals surface area contributed by atoms with Crippen LogP contribution in [0, 0.1) is 13.8 Å². The third-order valence-electron chi connectivity index (χ3n) is 13.0. The summed E-state index contributed by atoms with van der Waals surface area (Å²) in [4.78, 5) is 10.2. The fourth-order valence-corrected chi connectivity index (χ4v) is 9.07. The number of rotatable bonds is 5. The first-order valence-corrected chi connectivity index (χ1v) is 21.3. The van der Waals surface area contributed by atoms with Crippen LogP contribution in [0.5, 0.6) is 11.5 Å². The molecule has 7 aromatic rings. The number of fused-ring (bicyclic) bond motifs is 6. The molecule has 1 aliphatic heterocycles. The Morgan fingerprint density at radius 1 is 0.700 bits per heavy atom. The molecule has 5 aromatic carbocycles. The molecule has 9 rings (SSSR count). The molecule has 0 saturated heterocycles. The molecule has 5 nitrogen and oxygen atoms in total. The van der Waals surface area contributed by atoms with E-state index in [1.807, 2.05) is 52.1 Å². The standard InChI is InChI=1S/C55H59N3O2/c1-33-20-22-47-45(34(33)2)32-54(12)55(47,13)60-50(57-54)36-25-35(42-17-14-15-19-46(42)53(9,10)11)26-40(27-36)59-41-29-38(52(6,7)8)28-39(31-41)58-48-23-21-37(51(3,4)5)30-44(48)43-18-16-24-56-49(43)58/h14-31H,32H2,1-13H3/t54-,55+/m1/s1/i32D2. The molecule has 0 radical (unpaired) electrons. The number of pyridine rings is 1. The minimum atomic E-state index is -1.77. The molecule has 0 fully saturated rings. The Labute approximate surface area is 359 Å². The zero-order valence-corrected chi connectivity index (χ0v) is 37.6. The molecule has 60 heavy (non-hydrogen) atoms.